The first-order valence-electron chi connectivity index (χ1n) is 19.9. The van der Waals surface area contributed by atoms with Crippen molar-refractivity contribution in [1.82, 2.24) is 8.80 Å². The smallest absolute Gasteiger partial charge is 0.0634 e. The van der Waals surface area contributed by atoms with Gasteiger partial charge in [-0.2, -0.15) is 0 Å². The lowest BCUT2D eigenvalue weighted by Crippen LogP contribution is -2.16. The molecule has 0 amide bonds. The molecule has 0 aliphatic rings. The Morgan fingerprint density at radius 3 is 1.22 bits per heavy atom. The summed E-state index contributed by atoms with van der Waals surface area (Å²) < 4.78 is 5.21. The van der Waals surface area contributed by atoms with Crippen LogP contribution in [0.4, 0.5) is 0 Å². The van der Waals surface area contributed by atoms with Gasteiger partial charge in [0.15, 0.2) is 0 Å². The Kier molecular flexibility index (Phi) is 6.42. The molecule has 0 bridgehead atoms. The molecule has 0 fully saturated rings. The third kappa shape index (κ3) is 4.46. The highest BCUT2D eigenvalue weighted by atomic mass is 14.9. The first-order valence-corrected chi connectivity index (χ1v) is 19.9. The Hall–Kier alpha value is -5.08. The van der Waals surface area contributed by atoms with Gasteiger partial charge in [0.2, 0.25) is 0 Å². The van der Waals surface area contributed by atoms with Crippen molar-refractivity contribution in [3.63, 3.8) is 0 Å². The molecular formula is C52H52N2. The van der Waals surface area contributed by atoms with Crippen LogP contribution in [0.1, 0.15) is 105 Å². The summed E-state index contributed by atoms with van der Waals surface area (Å²) in [4.78, 5) is 0. The molecule has 6 aromatic carbocycles. The number of fused-ring (bicyclic) bond motifs is 14. The minimum atomic E-state index is 0.0352. The fraction of sp³-hybridized carbons (Fsp3) is 0.308. The lowest BCUT2D eigenvalue weighted by molar-refractivity contribution is 0.569. The van der Waals surface area contributed by atoms with Crippen molar-refractivity contribution in [1.29, 1.82) is 0 Å². The number of rotatable bonds is 1. The monoisotopic (exact) mass is 704 g/mol. The van der Waals surface area contributed by atoms with Gasteiger partial charge in [-0.15, -0.1) is 0 Å². The SMILES string of the molecule is CC(C)(C)c1cc(-c2ccc3c(c2)c2c4c5ccc(C(C)(C)C)cc5n5c6ccccc6c(c6c7ccc(C(C)(C)C)cc7n3c26)c45)cc(C(C)(C)C)c1. The number of hydrogen-bond donors (Lipinski definition) is 0. The summed E-state index contributed by atoms with van der Waals surface area (Å²) in [7, 11) is 0. The Balaban J connectivity index is 1.45. The van der Waals surface area contributed by atoms with E-state index < -0.39 is 0 Å². The lowest BCUT2D eigenvalue weighted by Gasteiger charge is -2.26. The van der Waals surface area contributed by atoms with Crippen molar-refractivity contribution in [3.8, 4) is 11.1 Å². The molecule has 0 aliphatic carbocycles. The van der Waals surface area contributed by atoms with Gasteiger partial charge in [0.25, 0.3) is 0 Å². The maximum atomic E-state index is 2.62. The summed E-state index contributed by atoms with van der Waals surface area (Å²) in [6.07, 6.45) is 0. The van der Waals surface area contributed by atoms with Gasteiger partial charge < -0.3 is 8.80 Å². The van der Waals surface area contributed by atoms with E-state index in [1.165, 1.54) is 110 Å². The zero-order valence-corrected chi connectivity index (χ0v) is 34.1. The molecule has 270 valence electrons. The molecule has 0 spiro atoms. The van der Waals surface area contributed by atoms with Crippen molar-refractivity contribution in [2.45, 2.75) is 105 Å². The van der Waals surface area contributed by atoms with Crippen molar-refractivity contribution < 1.29 is 0 Å². The molecule has 0 saturated heterocycles. The van der Waals surface area contributed by atoms with Gasteiger partial charge in [0, 0.05) is 43.1 Å². The predicted molar refractivity (Wildman–Crippen MR) is 236 cm³/mol. The van der Waals surface area contributed by atoms with Gasteiger partial charge >= 0.3 is 0 Å². The van der Waals surface area contributed by atoms with Crippen molar-refractivity contribution in [3.05, 3.63) is 119 Å². The highest BCUT2D eigenvalue weighted by molar-refractivity contribution is 6.45. The number of para-hydroxylation sites is 1. The predicted octanol–water partition coefficient (Wildman–Crippen LogP) is 14.8. The fourth-order valence-corrected chi connectivity index (χ4v) is 9.40. The summed E-state index contributed by atoms with van der Waals surface area (Å²) in [6.45, 7) is 28.0. The van der Waals surface area contributed by atoms with E-state index in [4.69, 9.17) is 0 Å². The lowest BCUT2D eigenvalue weighted by atomic mass is 9.79. The largest absolute Gasteiger partial charge is 0.308 e. The molecule has 0 aliphatic heterocycles. The zero-order valence-electron chi connectivity index (χ0n) is 34.1. The molecule has 4 heterocycles. The Labute approximate surface area is 319 Å². The number of hydrogen-bond acceptors (Lipinski definition) is 0. The first-order chi connectivity index (χ1) is 25.3. The molecule has 0 saturated carbocycles. The zero-order chi connectivity index (χ0) is 38.0. The van der Waals surface area contributed by atoms with E-state index in [1.807, 2.05) is 0 Å². The van der Waals surface area contributed by atoms with Gasteiger partial charge in [-0.25, -0.2) is 0 Å². The van der Waals surface area contributed by atoms with E-state index >= 15 is 0 Å². The van der Waals surface area contributed by atoms with E-state index in [9.17, 15) is 0 Å². The average molecular weight is 705 g/mol. The van der Waals surface area contributed by atoms with Crippen LogP contribution in [0.3, 0.4) is 0 Å². The van der Waals surface area contributed by atoms with E-state index in [2.05, 4.69) is 189 Å². The number of benzene rings is 6. The van der Waals surface area contributed by atoms with Gasteiger partial charge in [0.1, 0.15) is 0 Å². The van der Waals surface area contributed by atoms with Crippen LogP contribution in [-0.4, -0.2) is 8.80 Å². The van der Waals surface area contributed by atoms with Crippen LogP contribution in [0.25, 0.3) is 87.3 Å². The average Bonchev–Trinajstić information content (AvgIpc) is 3.82. The highest BCUT2D eigenvalue weighted by Crippen LogP contribution is 2.52. The third-order valence-electron chi connectivity index (χ3n) is 12.6. The van der Waals surface area contributed by atoms with Gasteiger partial charge in [-0.3, -0.25) is 0 Å². The Bertz CT molecular complexity index is 3140. The highest BCUT2D eigenvalue weighted by Gasteiger charge is 2.30. The molecule has 0 N–H and O–H groups in total. The molecule has 0 atom stereocenters. The summed E-state index contributed by atoms with van der Waals surface area (Å²) in [5.74, 6) is 0. The van der Waals surface area contributed by atoms with Crippen molar-refractivity contribution in [2.75, 3.05) is 0 Å². The van der Waals surface area contributed by atoms with E-state index in [0.717, 1.165) is 0 Å². The van der Waals surface area contributed by atoms with Gasteiger partial charge in [-0.1, -0.05) is 150 Å². The standard InChI is InChI=1S/C52H52N2/c1-49(2,3)31-19-21-37-41(27-31)53-39-16-14-13-15-35(39)43-44-36-20-18-32(50(4,5)6)28-42(36)54-40-22-17-29(25-38(40)46(48(44)54)45(37)47(43)53)30-23-33(51(7,8)9)26-34(24-30)52(10,11)12/h13-28H,1-12H3. The number of nitrogens with zero attached hydrogens (tertiary/aromatic N) is 2. The topological polar surface area (TPSA) is 8.82 Å². The van der Waals surface area contributed by atoms with Crippen molar-refractivity contribution >= 4 is 76.2 Å². The van der Waals surface area contributed by atoms with Gasteiger partial charge in [-0.05, 0) is 85.4 Å². The molecule has 0 unspecified atom stereocenters. The van der Waals surface area contributed by atoms with E-state index in [0.29, 0.717) is 0 Å². The summed E-state index contributed by atoms with van der Waals surface area (Å²) >= 11 is 0. The summed E-state index contributed by atoms with van der Waals surface area (Å²) in [5.41, 5.74) is 16.1. The normalized spacial score (nSPS) is 13.9. The van der Waals surface area contributed by atoms with Crippen LogP contribution in [0.5, 0.6) is 0 Å². The van der Waals surface area contributed by atoms with Crippen LogP contribution in [0.15, 0.2) is 97.1 Å². The fourth-order valence-electron chi connectivity index (χ4n) is 9.40. The van der Waals surface area contributed by atoms with E-state index in [1.54, 1.807) is 0 Å². The molecule has 4 aromatic heterocycles. The van der Waals surface area contributed by atoms with Gasteiger partial charge in [0.05, 0.1) is 33.1 Å². The summed E-state index contributed by atoms with van der Waals surface area (Å²) in [5, 5.41) is 10.8. The van der Waals surface area contributed by atoms with Crippen LogP contribution in [0, 0.1) is 0 Å². The maximum absolute atomic E-state index is 2.62. The molecule has 2 heteroatoms. The third-order valence-corrected chi connectivity index (χ3v) is 12.6. The second kappa shape index (κ2) is 10.4. The van der Waals surface area contributed by atoms with E-state index in [-0.39, 0.29) is 21.7 Å². The number of aromatic nitrogens is 2. The quantitative estimate of drug-likeness (QED) is 0.161. The van der Waals surface area contributed by atoms with Crippen LogP contribution >= 0.6 is 0 Å². The molecule has 2 nitrogen and oxygen atoms in total. The second-order valence-electron chi connectivity index (χ2n) is 20.4. The Morgan fingerprint density at radius 2 is 0.741 bits per heavy atom. The van der Waals surface area contributed by atoms with Crippen LogP contribution < -0.4 is 0 Å². The van der Waals surface area contributed by atoms with Crippen molar-refractivity contribution in [2.24, 2.45) is 0 Å². The molecule has 10 aromatic rings. The maximum Gasteiger partial charge on any atom is 0.0634 e. The molecule has 0 radical (unpaired) electrons. The molecule has 54 heavy (non-hydrogen) atoms. The molecular weight excluding hydrogens is 653 g/mol. The van der Waals surface area contributed by atoms with Crippen LogP contribution in [0.2, 0.25) is 0 Å². The van der Waals surface area contributed by atoms with Crippen LogP contribution in [-0.2, 0) is 21.7 Å². The minimum Gasteiger partial charge on any atom is -0.308 e. The summed E-state index contributed by atoms with van der Waals surface area (Å²) in [6, 6.07) is 38.2. The Morgan fingerprint density at radius 1 is 0.315 bits per heavy atom. The molecule has 10 rings (SSSR count). The minimum absolute atomic E-state index is 0.0352. The second-order valence-corrected chi connectivity index (χ2v) is 20.4. The first kappa shape index (κ1) is 33.5.